The summed E-state index contributed by atoms with van der Waals surface area (Å²) in [6.45, 7) is 6.54. The maximum absolute atomic E-state index is 13.4. The minimum Gasteiger partial charge on any atom is -0.494 e. The van der Waals surface area contributed by atoms with Crippen LogP contribution < -0.4 is 10.1 Å². The summed E-state index contributed by atoms with van der Waals surface area (Å²) in [6, 6.07) is 13.1. The summed E-state index contributed by atoms with van der Waals surface area (Å²) in [4.78, 5) is 15.9. The lowest BCUT2D eigenvalue weighted by atomic mass is 9.78. The van der Waals surface area contributed by atoms with E-state index in [1.807, 2.05) is 36.4 Å². The summed E-state index contributed by atoms with van der Waals surface area (Å²) in [5, 5.41) is 4.25. The van der Waals surface area contributed by atoms with E-state index in [9.17, 15) is 4.79 Å². The molecule has 1 aliphatic carbocycles. The second kappa shape index (κ2) is 11.1. The van der Waals surface area contributed by atoms with Crippen molar-refractivity contribution in [1.82, 2.24) is 4.90 Å². The molecule has 2 aliphatic rings. The first-order chi connectivity index (χ1) is 16.0. The summed E-state index contributed by atoms with van der Waals surface area (Å²) < 4.78 is 5.93. The van der Waals surface area contributed by atoms with Crippen LogP contribution in [0.5, 0.6) is 5.75 Å². The van der Waals surface area contributed by atoms with E-state index >= 15 is 0 Å². The summed E-state index contributed by atoms with van der Waals surface area (Å²) in [5.41, 5.74) is 1.03. The second-order valence-corrected chi connectivity index (χ2v) is 10.5. The number of anilines is 1. The number of hydrogen-bond donors (Lipinski definition) is 1. The molecule has 2 aromatic carbocycles. The Kier molecular flexibility index (Phi) is 8.21. The molecule has 1 atom stereocenters. The van der Waals surface area contributed by atoms with Gasteiger partial charge in [-0.25, -0.2) is 0 Å². The normalized spacial score (nSPS) is 20.5. The molecule has 1 saturated heterocycles. The average Bonchev–Trinajstić information content (AvgIpc) is 3.29. The molecule has 1 heterocycles. The zero-order valence-corrected chi connectivity index (χ0v) is 20.9. The molecule has 1 amide bonds. The molecule has 1 aliphatic heterocycles. The molecular formula is C27H34Cl2N2O2. The van der Waals surface area contributed by atoms with Crippen molar-refractivity contribution in [3.05, 3.63) is 58.1 Å². The fourth-order valence-electron chi connectivity index (χ4n) is 5.33. The lowest BCUT2D eigenvalue weighted by molar-refractivity contribution is -0.121. The van der Waals surface area contributed by atoms with Crippen LogP contribution in [-0.2, 0) is 10.2 Å². The van der Waals surface area contributed by atoms with Crippen LogP contribution in [0.15, 0.2) is 42.5 Å². The average molecular weight is 489 g/mol. The molecule has 1 N–H and O–H groups in total. The Bertz CT molecular complexity index is 942. The maximum atomic E-state index is 13.4. The van der Waals surface area contributed by atoms with Gasteiger partial charge in [0.2, 0.25) is 5.91 Å². The van der Waals surface area contributed by atoms with Gasteiger partial charge >= 0.3 is 0 Å². The first-order valence-corrected chi connectivity index (χ1v) is 12.9. The van der Waals surface area contributed by atoms with Gasteiger partial charge in [-0.3, -0.25) is 4.79 Å². The molecule has 33 heavy (non-hydrogen) atoms. The lowest BCUT2D eigenvalue weighted by Gasteiger charge is -2.30. The third kappa shape index (κ3) is 6.03. The number of halogens is 2. The second-order valence-electron chi connectivity index (χ2n) is 9.64. The first kappa shape index (κ1) is 24.4. The Morgan fingerprint density at radius 3 is 2.58 bits per heavy atom. The zero-order chi connectivity index (χ0) is 23.3. The van der Waals surface area contributed by atoms with Gasteiger partial charge in [0.05, 0.1) is 12.0 Å². The third-order valence-corrected chi connectivity index (χ3v) is 7.63. The van der Waals surface area contributed by atoms with Crippen LogP contribution >= 0.6 is 23.2 Å². The highest BCUT2D eigenvalue weighted by Crippen LogP contribution is 2.45. The number of amides is 1. The van der Waals surface area contributed by atoms with Crippen LogP contribution in [-0.4, -0.2) is 37.0 Å². The summed E-state index contributed by atoms with van der Waals surface area (Å²) in [7, 11) is 0. The van der Waals surface area contributed by atoms with Crippen LogP contribution in [0.25, 0.3) is 0 Å². The van der Waals surface area contributed by atoms with Crippen molar-refractivity contribution < 1.29 is 9.53 Å². The van der Waals surface area contributed by atoms with Crippen LogP contribution in [0.3, 0.4) is 0 Å². The quantitative estimate of drug-likeness (QED) is 0.408. The van der Waals surface area contributed by atoms with Crippen molar-refractivity contribution in [2.24, 2.45) is 5.92 Å². The minimum atomic E-state index is -0.608. The van der Waals surface area contributed by atoms with E-state index in [1.165, 1.54) is 25.9 Å². The van der Waals surface area contributed by atoms with Crippen molar-refractivity contribution in [3.63, 3.8) is 0 Å². The Morgan fingerprint density at radius 2 is 1.88 bits per heavy atom. The number of nitrogens with one attached hydrogen (secondary N) is 1. The number of hydrogen-bond acceptors (Lipinski definition) is 3. The number of carbonyl (C=O) groups is 1. The van der Waals surface area contributed by atoms with E-state index in [0.717, 1.165) is 61.6 Å². The molecule has 178 valence electrons. The summed E-state index contributed by atoms with van der Waals surface area (Å²) in [5.74, 6) is 1.63. The molecule has 0 radical (unpaired) electrons. The molecule has 0 spiro atoms. The van der Waals surface area contributed by atoms with E-state index in [4.69, 9.17) is 27.9 Å². The van der Waals surface area contributed by atoms with Gasteiger partial charge in [0.15, 0.2) is 0 Å². The van der Waals surface area contributed by atoms with E-state index in [2.05, 4.69) is 17.1 Å². The van der Waals surface area contributed by atoms with E-state index < -0.39 is 5.41 Å². The highest BCUT2D eigenvalue weighted by atomic mass is 35.5. The largest absolute Gasteiger partial charge is 0.494 e. The summed E-state index contributed by atoms with van der Waals surface area (Å²) >= 11 is 12.6. The van der Waals surface area contributed by atoms with Crippen molar-refractivity contribution in [2.75, 3.05) is 31.6 Å². The van der Waals surface area contributed by atoms with E-state index in [-0.39, 0.29) is 5.91 Å². The highest BCUT2D eigenvalue weighted by molar-refractivity contribution is 6.35. The van der Waals surface area contributed by atoms with Gasteiger partial charge in [-0.1, -0.05) is 49.0 Å². The van der Waals surface area contributed by atoms with Crippen LogP contribution in [0.1, 0.15) is 57.4 Å². The Labute approximate surface area is 207 Å². The molecule has 0 unspecified atom stereocenters. The molecular weight excluding hydrogens is 455 g/mol. The topological polar surface area (TPSA) is 41.6 Å². The van der Waals surface area contributed by atoms with Crippen LogP contribution in [0.2, 0.25) is 10.0 Å². The van der Waals surface area contributed by atoms with E-state index in [0.29, 0.717) is 16.7 Å². The zero-order valence-electron chi connectivity index (χ0n) is 19.4. The van der Waals surface area contributed by atoms with Gasteiger partial charge in [0.25, 0.3) is 0 Å². The molecule has 0 aromatic heterocycles. The molecule has 0 bridgehead atoms. The van der Waals surface area contributed by atoms with Gasteiger partial charge < -0.3 is 15.0 Å². The van der Waals surface area contributed by atoms with Crippen molar-refractivity contribution >= 4 is 34.8 Å². The van der Waals surface area contributed by atoms with Crippen molar-refractivity contribution in [2.45, 2.75) is 57.3 Å². The standard InChI is InChI=1S/C27H34Cl2N2O2/c1-20-6-4-15-31(19-20)16-5-17-33-23-10-8-22(9-11-23)30-26(32)27(13-2-3-14-27)24-12-7-21(28)18-25(24)29/h7-12,18,20H,2-6,13-17,19H2,1H3,(H,30,32)/t20-/m1/s1. The molecule has 4 nitrogen and oxygen atoms in total. The maximum Gasteiger partial charge on any atom is 0.235 e. The monoisotopic (exact) mass is 488 g/mol. The number of likely N-dealkylation sites (tertiary alicyclic amines) is 1. The number of nitrogens with zero attached hydrogens (tertiary/aromatic N) is 1. The smallest absolute Gasteiger partial charge is 0.235 e. The Morgan fingerprint density at radius 1 is 1.12 bits per heavy atom. The third-order valence-electron chi connectivity index (χ3n) is 7.08. The fourth-order valence-corrected chi connectivity index (χ4v) is 5.92. The van der Waals surface area contributed by atoms with Gasteiger partial charge in [-0.05, 0) is 86.5 Å². The van der Waals surface area contributed by atoms with Gasteiger partial charge in [0, 0.05) is 28.8 Å². The van der Waals surface area contributed by atoms with Gasteiger partial charge in [-0.15, -0.1) is 0 Å². The SMILES string of the molecule is C[C@@H]1CCCN(CCCOc2ccc(NC(=O)C3(c4ccc(Cl)cc4Cl)CCCC3)cc2)C1. The van der Waals surface area contributed by atoms with Crippen LogP contribution in [0.4, 0.5) is 5.69 Å². The fraction of sp³-hybridized carbons (Fsp3) is 0.519. The highest BCUT2D eigenvalue weighted by Gasteiger charge is 2.44. The van der Waals surface area contributed by atoms with Gasteiger partial charge in [0.1, 0.15) is 5.75 Å². The van der Waals surface area contributed by atoms with Gasteiger partial charge in [-0.2, -0.15) is 0 Å². The number of ether oxygens (including phenoxy) is 1. The Hall–Kier alpha value is -1.75. The predicted molar refractivity (Wildman–Crippen MR) is 137 cm³/mol. The number of piperidine rings is 1. The minimum absolute atomic E-state index is 0.00588. The molecule has 6 heteroatoms. The molecule has 4 rings (SSSR count). The van der Waals surface area contributed by atoms with Crippen molar-refractivity contribution in [1.29, 1.82) is 0 Å². The first-order valence-electron chi connectivity index (χ1n) is 12.2. The van der Waals surface area contributed by atoms with E-state index in [1.54, 1.807) is 6.07 Å². The number of carbonyl (C=O) groups excluding carboxylic acids is 1. The molecule has 2 aromatic rings. The van der Waals surface area contributed by atoms with Crippen molar-refractivity contribution in [3.8, 4) is 5.75 Å². The number of rotatable bonds is 8. The molecule has 2 fully saturated rings. The lowest BCUT2D eigenvalue weighted by Crippen LogP contribution is -2.38. The predicted octanol–water partition coefficient (Wildman–Crippen LogP) is 6.94. The Balaban J connectivity index is 1.31. The number of benzene rings is 2. The molecule has 1 saturated carbocycles. The van der Waals surface area contributed by atoms with Crippen LogP contribution in [0, 0.1) is 5.92 Å². The summed E-state index contributed by atoms with van der Waals surface area (Å²) in [6.07, 6.45) is 7.28.